The molecule has 3 aromatic carbocycles. The van der Waals surface area contributed by atoms with Crippen molar-refractivity contribution in [1.82, 2.24) is 15.2 Å². The van der Waals surface area contributed by atoms with Crippen LogP contribution in [0.4, 0.5) is 5.69 Å². The summed E-state index contributed by atoms with van der Waals surface area (Å²) in [5.74, 6) is -0.109. The van der Waals surface area contributed by atoms with Crippen LogP contribution in [0.3, 0.4) is 0 Å². The van der Waals surface area contributed by atoms with Gasteiger partial charge in [-0.1, -0.05) is 41.9 Å². The van der Waals surface area contributed by atoms with Crippen LogP contribution < -0.4 is 11.1 Å². The largest absolute Gasteiger partial charge is 0.506 e. The number of morpholine rings is 1. The maximum Gasteiger partial charge on any atom is 0.224 e. The SMILES string of the molecule is Nc1ccc2[nH]c(-c3cc(CC(=O)NCCN4CCOCC4)cc(Cl)c3O)c(Cc3ccccc3)c2c1. The number of phenolic OH excluding ortho intramolecular Hbond substituents is 1. The smallest absolute Gasteiger partial charge is 0.224 e. The molecule has 0 spiro atoms. The van der Waals surface area contributed by atoms with Crippen molar-refractivity contribution in [2.75, 3.05) is 45.1 Å². The fourth-order valence-corrected chi connectivity index (χ4v) is 5.09. The van der Waals surface area contributed by atoms with Crippen molar-refractivity contribution < 1.29 is 14.6 Å². The molecule has 1 aromatic heterocycles. The summed E-state index contributed by atoms with van der Waals surface area (Å²) in [5, 5.41) is 15.2. The molecule has 1 saturated heterocycles. The third-order valence-corrected chi connectivity index (χ3v) is 7.05. The molecule has 0 aliphatic carbocycles. The Labute approximate surface area is 221 Å². The van der Waals surface area contributed by atoms with Crippen LogP contribution in [0.5, 0.6) is 5.75 Å². The van der Waals surface area contributed by atoms with E-state index in [0.717, 1.165) is 66.1 Å². The predicted molar refractivity (Wildman–Crippen MR) is 148 cm³/mol. The Morgan fingerprint density at radius 1 is 1.08 bits per heavy atom. The van der Waals surface area contributed by atoms with Gasteiger partial charge in [-0.2, -0.15) is 0 Å². The Balaban J connectivity index is 1.42. The van der Waals surface area contributed by atoms with E-state index >= 15 is 0 Å². The molecule has 0 saturated carbocycles. The molecule has 5 rings (SSSR count). The van der Waals surface area contributed by atoms with Gasteiger partial charge in [0.1, 0.15) is 5.75 Å². The van der Waals surface area contributed by atoms with E-state index < -0.39 is 0 Å². The number of halogens is 1. The van der Waals surface area contributed by atoms with Crippen molar-refractivity contribution in [3.05, 3.63) is 82.4 Å². The number of carbonyl (C=O) groups is 1. The molecule has 0 unspecified atom stereocenters. The van der Waals surface area contributed by atoms with E-state index in [4.69, 9.17) is 22.1 Å². The van der Waals surface area contributed by atoms with Gasteiger partial charge in [0.2, 0.25) is 5.91 Å². The fraction of sp³-hybridized carbons (Fsp3) is 0.276. The molecule has 0 bridgehead atoms. The number of nitrogen functional groups attached to an aromatic ring is 1. The van der Waals surface area contributed by atoms with Gasteiger partial charge < -0.3 is 25.9 Å². The van der Waals surface area contributed by atoms with Crippen molar-refractivity contribution in [2.45, 2.75) is 12.8 Å². The van der Waals surface area contributed by atoms with Crippen LogP contribution >= 0.6 is 11.6 Å². The van der Waals surface area contributed by atoms with E-state index in [1.54, 1.807) is 6.07 Å². The van der Waals surface area contributed by atoms with E-state index in [1.807, 2.05) is 42.5 Å². The first-order chi connectivity index (χ1) is 18.0. The second kappa shape index (κ2) is 11.3. The van der Waals surface area contributed by atoms with Crippen molar-refractivity contribution >= 4 is 34.1 Å². The first-order valence-electron chi connectivity index (χ1n) is 12.5. The summed E-state index contributed by atoms with van der Waals surface area (Å²) in [7, 11) is 0. The lowest BCUT2D eigenvalue weighted by Crippen LogP contribution is -2.41. The quantitative estimate of drug-likeness (QED) is 0.259. The highest BCUT2D eigenvalue weighted by atomic mass is 35.5. The predicted octanol–water partition coefficient (Wildman–Crippen LogP) is 4.36. The number of phenols is 1. The molecule has 0 atom stereocenters. The van der Waals surface area contributed by atoms with E-state index in [1.165, 1.54) is 0 Å². The number of amides is 1. The molecule has 1 aliphatic heterocycles. The number of aromatic hydroxyl groups is 1. The van der Waals surface area contributed by atoms with Crippen LogP contribution in [0.15, 0.2) is 60.7 Å². The number of anilines is 1. The molecule has 0 radical (unpaired) electrons. The molecular weight excluding hydrogens is 488 g/mol. The Morgan fingerprint density at radius 2 is 1.86 bits per heavy atom. The van der Waals surface area contributed by atoms with Gasteiger partial charge in [-0.15, -0.1) is 0 Å². The van der Waals surface area contributed by atoms with Crippen LogP contribution in [-0.4, -0.2) is 60.3 Å². The van der Waals surface area contributed by atoms with Crippen LogP contribution in [0.2, 0.25) is 5.02 Å². The molecule has 1 amide bonds. The van der Waals surface area contributed by atoms with Gasteiger partial charge >= 0.3 is 0 Å². The number of nitrogens with zero attached hydrogens (tertiary/aromatic N) is 1. The Morgan fingerprint density at radius 3 is 2.65 bits per heavy atom. The number of hydrogen-bond donors (Lipinski definition) is 4. The number of benzene rings is 3. The second-order valence-electron chi connectivity index (χ2n) is 9.40. The zero-order valence-electron chi connectivity index (χ0n) is 20.6. The van der Waals surface area contributed by atoms with Crippen molar-refractivity contribution in [3.63, 3.8) is 0 Å². The lowest BCUT2D eigenvalue weighted by Gasteiger charge is -2.26. The molecule has 4 aromatic rings. The Kier molecular flexibility index (Phi) is 7.65. The average Bonchev–Trinajstić information content (AvgIpc) is 3.24. The van der Waals surface area contributed by atoms with Gasteiger partial charge in [-0.25, -0.2) is 0 Å². The van der Waals surface area contributed by atoms with E-state index in [-0.39, 0.29) is 23.1 Å². The minimum Gasteiger partial charge on any atom is -0.506 e. The number of aromatic amines is 1. The first-order valence-corrected chi connectivity index (χ1v) is 12.9. The maximum absolute atomic E-state index is 12.7. The van der Waals surface area contributed by atoms with Gasteiger partial charge in [0.05, 0.1) is 30.4 Å². The highest BCUT2D eigenvalue weighted by molar-refractivity contribution is 6.32. The molecule has 2 heterocycles. The van der Waals surface area contributed by atoms with Gasteiger partial charge in [-0.05, 0) is 47.0 Å². The number of ether oxygens (including phenoxy) is 1. The molecule has 37 heavy (non-hydrogen) atoms. The molecule has 5 N–H and O–H groups in total. The lowest BCUT2D eigenvalue weighted by atomic mass is 9.96. The van der Waals surface area contributed by atoms with Gasteiger partial charge in [-0.3, -0.25) is 9.69 Å². The first kappa shape index (κ1) is 25.1. The zero-order chi connectivity index (χ0) is 25.8. The fourth-order valence-electron chi connectivity index (χ4n) is 4.85. The third kappa shape index (κ3) is 5.91. The number of carbonyl (C=O) groups excluding carboxylic acids is 1. The second-order valence-corrected chi connectivity index (χ2v) is 9.81. The van der Waals surface area contributed by atoms with E-state index in [2.05, 4.69) is 27.3 Å². The highest BCUT2D eigenvalue weighted by Crippen LogP contribution is 2.41. The van der Waals surface area contributed by atoms with Crippen LogP contribution in [-0.2, 0) is 22.4 Å². The normalized spacial score (nSPS) is 14.2. The number of aromatic nitrogens is 1. The van der Waals surface area contributed by atoms with Gasteiger partial charge in [0.15, 0.2) is 0 Å². The van der Waals surface area contributed by atoms with Gasteiger partial charge in [0, 0.05) is 54.8 Å². The number of rotatable bonds is 8. The van der Waals surface area contributed by atoms with Crippen molar-refractivity contribution in [3.8, 4) is 17.0 Å². The Bertz CT molecular complexity index is 1400. The molecule has 7 nitrogen and oxygen atoms in total. The molecular formula is C29H31ClN4O3. The highest BCUT2D eigenvalue weighted by Gasteiger charge is 2.20. The third-order valence-electron chi connectivity index (χ3n) is 6.77. The number of hydrogen-bond acceptors (Lipinski definition) is 5. The van der Waals surface area contributed by atoms with Gasteiger partial charge in [0.25, 0.3) is 0 Å². The van der Waals surface area contributed by atoms with Crippen LogP contribution in [0, 0.1) is 0 Å². The summed E-state index contributed by atoms with van der Waals surface area (Å²) in [5.41, 5.74) is 11.9. The zero-order valence-corrected chi connectivity index (χ0v) is 21.4. The van der Waals surface area contributed by atoms with E-state index in [0.29, 0.717) is 24.2 Å². The minimum atomic E-state index is -0.0881. The maximum atomic E-state index is 12.7. The Hall–Kier alpha value is -3.52. The number of nitrogens with two attached hydrogens (primary N) is 1. The lowest BCUT2D eigenvalue weighted by molar-refractivity contribution is -0.120. The standard InChI is InChI=1S/C29H31ClN4O3/c30-25-16-20(17-27(35)32-8-9-34-10-12-37-13-11-34)15-24(29(25)36)28-23(14-19-4-2-1-3-5-19)22-18-21(31)6-7-26(22)33-28/h1-7,15-16,18,33,36H,8-14,17,31H2,(H,32,35). The molecule has 1 fully saturated rings. The molecule has 1 aliphatic rings. The van der Waals surface area contributed by atoms with Crippen LogP contribution in [0.25, 0.3) is 22.2 Å². The monoisotopic (exact) mass is 518 g/mol. The summed E-state index contributed by atoms with van der Waals surface area (Å²) in [4.78, 5) is 18.4. The topological polar surface area (TPSA) is 104 Å². The van der Waals surface area contributed by atoms with Crippen LogP contribution in [0.1, 0.15) is 16.7 Å². The summed E-state index contributed by atoms with van der Waals surface area (Å²) >= 11 is 6.46. The average molecular weight is 519 g/mol. The number of H-pyrrole nitrogens is 1. The summed E-state index contributed by atoms with van der Waals surface area (Å²) < 4.78 is 5.37. The number of fused-ring (bicyclic) bond motifs is 1. The minimum absolute atomic E-state index is 0.0213. The molecule has 8 heteroatoms. The summed E-state index contributed by atoms with van der Waals surface area (Å²) in [6.45, 7) is 4.59. The summed E-state index contributed by atoms with van der Waals surface area (Å²) in [6.07, 6.45) is 0.806. The number of nitrogens with one attached hydrogen (secondary N) is 2. The van der Waals surface area contributed by atoms with Crippen molar-refractivity contribution in [2.24, 2.45) is 0 Å². The van der Waals surface area contributed by atoms with E-state index in [9.17, 15) is 9.90 Å². The van der Waals surface area contributed by atoms with Crippen molar-refractivity contribution in [1.29, 1.82) is 0 Å². The molecule has 192 valence electrons. The summed E-state index contributed by atoms with van der Waals surface area (Å²) in [6, 6.07) is 19.3.